The maximum Gasteiger partial charge on any atom is 0.410 e. The molecule has 138 valence electrons. The van der Waals surface area contributed by atoms with E-state index in [9.17, 15) is 9.59 Å². The van der Waals surface area contributed by atoms with Crippen molar-refractivity contribution < 1.29 is 19.4 Å². The predicted octanol–water partition coefficient (Wildman–Crippen LogP) is 3.01. The molecular formula is C18H32N2O4. The summed E-state index contributed by atoms with van der Waals surface area (Å²) >= 11 is 0. The van der Waals surface area contributed by atoms with Crippen molar-refractivity contribution in [1.82, 2.24) is 10.2 Å². The van der Waals surface area contributed by atoms with Crippen molar-refractivity contribution in [1.29, 1.82) is 0 Å². The summed E-state index contributed by atoms with van der Waals surface area (Å²) in [6.45, 7) is 8.08. The van der Waals surface area contributed by atoms with E-state index in [1.165, 1.54) is 0 Å². The van der Waals surface area contributed by atoms with Crippen LogP contribution >= 0.6 is 0 Å². The third kappa shape index (κ3) is 4.85. The van der Waals surface area contributed by atoms with E-state index in [1.54, 1.807) is 6.92 Å². The van der Waals surface area contributed by atoms with Gasteiger partial charge in [-0.1, -0.05) is 6.42 Å². The highest BCUT2D eigenvalue weighted by Crippen LogP contribution is 2.36. The number of amides is 1. The number of hydrogen-bond donors (Lipinski definition) is 2. The molecule has 1 amide bonds. The van der Waals surface area contributed by atoms with Crippen LogP contribution in [0.25, 0.3) is 0 Å². The molecule has 0 aromatic rings. The van der Waals surface area contributed by atoms with E-state index in [-0.39, 0.29) is 18.2 Å². The smallest absolute Gasteiger partial charge is 0.410 e. The van der Waals surface area contributed by atoms with E-state index in [4.69, 9.17) is 9.84 Å². The molecule has 0 spiro atoms. The first kappa shape index (κ1) is 19.0. The van der Waals surface area contributed by atoms with E-state index in [0.29, 0.717) is 5.92 Å². The van der Waals surface area contributed by atoms with Crippen LogP contribution in [0.15, 0.2) is 0 Å². The zero-order chi connectivity index (χ0) is 17.9. The molecule has 2 N–H and O–H groups in total. The van der Waals surface area contributed by atoms with Gasteiger partial charge in [-0.2, -0.15) is 0 Å². The Labute approximate surface area is 144 Å². The molecule has 0 aromatic carbocycles. The SMILES string of the molecule is C[C@H](NC1CCCC1C1CCCCN1C(=O)OC(C)(C)C)C(=O)O. The van der Waals surface area contributed by atoms with E-state index in [1.807, 2.05) is 25.7 Å². The molecule has 2 rings (SSSR count). The molecule has 0 bridgehead atoms. The number of ether oxygens (including phenoxy) is 1. The molecule has 4 atom stereocenters. The van der Waals surface area contributed by atoms with Crippen molar-refractivity contribution in [2.45, 2.75) is 89.9 Å². The van der Waals surface area contributed by atoms with E-state index in [2.05, 4.69) is 5.32 Å². The molecule has 0 aromatic heterocycles. The Morgan fingerprint density at radius 1 is 1.17 bits per heavy atom. The zero-order valence-corrected chi connectivity index (χ0v) is 15.4. The van der Waals surface area contributed by atoms with Crippen molar-refractivity contribution in [3.63, 3.8) is 0 Å². The fourth-order valence-electron chi connectivity index (χ4n) is 4.00. The summed E-state index contributed by atoms with van der Waals surface area (Å²) in [5, 5.41) is 12.4. The highest BCUT2D eigenvalue weighted by Gasteiger charge is 2.41. The largest absolute Gasteiger partial charge is 0.480 e. The Bertz CT molecular complexity index is 460. The van der Waals surface area contributed by atoms with Crippen LogP contribution in [0.4, 0.5) is 4.79 Å². The summed E-state index contributed by atoms with van der Waals surface area (Å²) < 4.78 is 5.59. The van der Waals surface area contributed by atoms with Crippen LogP contribution in [-0.2, 0) is 9.53 Å². The standard InChI is InChI=1S/C18H32N2O4/c1-12(16(21)22)19-14-9-7-8-13(14)15-10-5-6-11-20(15)17(23)24-18(2,3)4/h12-15,19H,5-11H2,1-4H3,(H,21,22)/t12-,13?,14?,15?/m0/s1. The van der Waals surface area contributed by atoms with Gasteiger partial charge in [-0.15, -0.1) is 0 Å². The topological polar surface area (TPSA) is 78.9 Å². The summed E-state index contributed by atoms with van der Waals surface area (Å²) in [4.78, 5) is 25.7. The number of rotatable bonds is 4. The molecule has 24 heavy (non-hydrogen) atoms. The Morgan fingerprint density at radius 2 is 1.88 bits per heavy atom. The van der Waals surface area contributed by atoms with Crippen molar-refractivity contribution in [2.24, 2.45) is 5.92 Å². The second-order valence-electron chi connectivity index (χ2n) is 8.16. The molecule has 1 saturated carbocycles. The van der Waals surface area contributed by atoms with Crippen molar-refractivity contribution in [3.8, 4) is 0 Å². The van der Waals surface area contributed by atoms with Gasteiger partial charge in [0.05, 0.1) is 0 Å². The van der Waals surface area contributed by atoms with Crippen LogP contribution in [0.5, 0.6) is 0 Å². The van der Waals surface area contributed by atoms with E-state index < -0.39 is 17.6 Å². The molecule has 1 saturated heterocycles. The van der Waals surface area contributed by atoms with Gasteiger partial charge in [0.15, 0.2) is 0 Å². The highest BCUT2D eigenvalue weighted by molar-refractivity contribution is 5.73. The number of carboxylic acid groups (broad SMARTS) is 1. The van der Waals surface area contributed by atoms with E-state index in [0.717, 1.165) is 45.1 Å². The monoisotopic (exact) mass is 340 g/mol. The molecule has 1 aliphatic heterocycles. The number of nitrogens with zero attached hydrogens (tertiary/aromatic N) is 1. The number of carbonyl (C=O) groups is 2. The molecule has 1 aliphatic carbocycles. The lowest BCUT2D eigenvalue weighted by Gasteiger charge is -2.42. The predicted molar refractivity (Wildman–Crippen MR) is 91.9 cm³/mol. The molecule has 6 heteroatoms. The summed E-state index contributed by atoms with van der Waals surface area (Å²) in [6.07, 6.45) is 5.95. The third-order valence-corrected chi connectivity index (χ3v) is 5.08. The fraction of sp³-hybridized carbons (Fsp3) is 0.889. The number of carbonyl (C=O) groups excluding carboxylic acids is 1. The molecule has 0 radical (unpaired) electrons. The number of nitrogens with one attached hydrogen (secondary N) is 1. The van der Waals surface area contributed by atoms with Crippen molar-refractivity contribution in [3.05, 3.63) is 0 Å². The van der Waals surface area contributed by atoms with Crippen LogP contribution in [-0.4, -0.2) is 52.3 Å². The van der Waals surface area contributed by atoms with Crippen molar-refractivity contribution in [2.75, 3.05) is 6.54 Å². The first-order valence-electron chi connectivity index (χ1n) is 9.17. The number of likely N-dealkylation sites (tertiary alicyclic amines) is 1. The molecular weight excluding hydrogens is 308 g/mol. The Morgan fingerprint density at radius 3 is 2.50 bits per heavy atom. The highest BCUT2D eigenvalue weighted by atomic mass is 16.6. The van der Waals surface area contributed by atoms with Gasteiger partial charge in [-0.25, -0.2) is 4.79 Å². The quantitative estimate of drug-likeness (QED) is 0.822. The maximum atomic E-state index is 12.6. The van der Waals surface area contributed by atoms with Crippen LogP contribution in [0.2, 0.25) is 0 Å². The summed E-state index contributed by atoms with van der Waals surface area (Å²) in [5.74, 6) is -0.520. The third-order valence-electron chi connectivity index (χ3n) is 5.08. The van der Waals surface area contributed by atoms with Gasteiger partial charge in [0.2, 0.25) is 0 Å². The minimum Gasteiger partial charge on any atom is -0.480 e. The minimum absolute atomic E-state index is 0.148. The molecule has 2 aliphatic rings. The number of hydrogen-bond acceptors (Lipinski definition) is 4. The lowest BCUT2D eigenvalue weighted by Crippen LogP contribution is -2.54. The van der Waals surface area contributed by atoms with Gasteiger partial charge in [0, 0.05) is 18.6 Å². The van der Waals surface area contributed by atoms with Gasteiger partial charge in [-0.3, -0.25) is 4.79 Å². The molecule has 1 heterocycles. The van der Waals surface area contributed by atoms with Gasteiger partial charge in [0.1, 0.15) is 11.6 Å². The fourth-order valence-corrected chi connectivity index (χ4v) is 4.00. The first-order valence-corrected chi connectivity index (χ1v) is 9.17. The average Bonchev–Trinajstić information content (AvgIpc) is 2.93. The van der Waals surface area contributed by atoms with Crippen LogP contribution in [0, 0.1) is 5.92 Å². The second kappa shape index (κ2) is 7.72. The van der Waals surface area contributed by atoms with Gasteiger partial charge >= 0.3 is 12.1 Å². The minimum atomic E-state index is -0.826. The Hall–Kier alpha value is -1.30. The van der Waals surface area contributed by atoms with Crippen molar-refractivity contribution >= 4 is 12.1 Å². The number of aliphatic carboxylic acids is 1. The molecule has 3 unspecified atom stereocenters. The summed E-state index contributed by atoms with van der Waals surface area (Å²) in [5.41, 5.74) is -0.496. The lowest BCUT2D eigenvalue weighted by atomic mass is 9.86. The first-order chi connectivity index (χ1) is 11.2. The van der Waals surface area contributed by atoms with Crippen LogP contribution in [0.1, 0.15) is 66.2 Å². The maximum absolute atomic E-state index is 12.6. The van der Waals surface area contributed by atoms with Crippen LogP contribution in [0.3, 0.4) is 0 Å². The lowest BCUT2D eigenvalue weighted by molar-refractivity contribution is -0.139. The van der Waals surface area contributed by atoms with Crippen LogP contribution < -0.4 is 5.32 Å². The second-order valence-corrected chi connectivity index (χ2v) is 8.16. The molecule has 6 nitrogen and oxygen atoms in total. The Balaban J connectivity index is 2.08. The Kier molecular flexibility index (Phi) is 6.12. The number of carboxylic acids is 1. The normalized spacial score (nSPS) is 29.3. The van der Waals surface area contributed by atoms with Gasteiger partial charge < -0.3 is 20.1 Å². The zero-order valence-electron chi connectivity index (χ0n) is 15.4. The van der Waals surface area contributed by atoms with Gasteiger partial charge in [0.25, 0.3) is 0 Å². The summed E-state index contributed by atoms with van der Waals surface area (Å²) in [6, 6.07) is -0.257. The van der Waals surface area contributed by atoms with Gasteiger partial charge in [-0.05, 0) is 65.7 Å². The summed E-state index contributed by atoms with van der Waals surface area (Å²) in [7, 11) is 0. The number of piperidine rings is 1. The molecule has 2 fully saturated rings. The average molecular weight is 340 g/mol. The van der Waals surface area contributed by atoms with E-state index >= 15 is 0 Å².